The van der Waals surface area contributed by atoms with E-state index in [1.807, 2.05) is 48.5 Å². The zero-order valence-electron chi connectivity index (χ0n) is 19.2. The number of hydrogen-bond donors (Lipinski definition) is 3. The number of alkyl carbamates (subject to hydrolysis) is 1. The van der Waals surface area contributed by atoms with Crippen LogP contribution in [0, 0.1) is 12.3 Å². The van der Waals surface area contributed by atoms with Crippen LogP contribution in [0.5, 0.6) is 0 Å². The third-order valence-corrected chi connectivity index (χ3v) is 5.75. The first-order valence-electron chi connectivity index (χ1n) is 11.0. The molecule has 0 aliphatic heterocycles. The molecule has 0 fully saturated rings. The highest BCUT2D eigenvalue weighted by molar-refractivity contribution is 5.89. The van der Waals surface area contributed by atoms with Crippen molar-refractivity contribution in [2.24, 2.45) is 0 Å². The van der Waals surface area contributed by atoms with Crippen molar-refractivity contribution in [3.8, 4) is 23.5 Å². The van der Waals surface area contributed by atoms with E-state index in [-0.39, 0.29) is 31.8 Å². The van der Waals surface area contributed by atoms with Gasteiger partial charge in [-0.3, -0.25) is 9.59 Å². The molecule has 2 aromatic rings. The molecule has 3 N–H and O–H groups in total. The average molecular weight is 479 g/mol. The molecule has 1 aliphatic rings. The molecule has 182 valence electrons. The Labute approximate surface area is 202 Å². The minimum Gasteiger partial charge on any atom is -0.480 e. The lowest BCUT2D eigenvalue weighted by molar-refractivity contribution is -0.144. The number of fused-ring (bicyclic) bond motifs is 3. The van der Waals surface area contributed by atoms with Gasteiger partial charge in [0.05, 0.1) is 7.11 Å². The second-order valence-electron chi connectivity index (χ2n) is 7.94. The summed E-state index contributed by atoms with van der Waals surface area (Å²) in [7, 11) is 1.18. The number of rotatable bonds is 10. The molecular formula is C26H26N2O7. The molecule has 0 spiro atoms. The summed E-state index contributed by atoms with van der Waals surface area (Å²) in [6.45, 7) is 0.0428. The highest BCUT2D eigenvalue weighted by Crippen LogP contribution is 2.44. The maximum Gasteiger partial charge on any atom is 0.407 e. The molecule has 0 saturated carbocycles. The normalized spacial score (nSPS) is 13.4. The summed E-state index contributed by atoms with van der Waals surface area (Å²) in [4.78, 5) is 47.9. The third-order valence-electron chi connectivity index (χ3n) is 5.75. The number of aliphatic carboxylic acids is 1. The van der Waals surface area contributed by atoms with Crippen LogP contribution in [0.3, 0.4) is 0 Å². The molecule has 3 rings (SSSR count). The quantitative estimate of drug-likeness (QED) is 0.353. The monoisotopic (exact) mass is 478 g/mol. The van der Waals surface area contributed by atoms with Crippen molar-refractivity contribution in [2.75, 3.05) is 13.7 Å². The fourth-order valence-corrected chi connectivity index (χ4v) is 4.00. The van der Waals surface area contributed by atoms with Gasteiger partial charge >= 0.3 is 18.0 Å². The van der Waals surface area contributed by atoms with E-state index in [1.54, 1.807) is 0 Å². The van der Waals surface area contributed by atoms with Crippen LogP contribution < -0.4 is 10.6 Å². The molecule has 2 aromatic carbocycles. The SMILES string of the molecule is C#CCC(NC(=O)OCC1c2ccccc2-c2ccccc21)C(=O)NC(CCC(=O)OC)C(=O)O. The molecule has 0 radical (unpaired) electrons. The second kappa shape index (κ2) is 11.7. The van der Waals surface area contributed by atoms with Gasteiger partial charge in [0, 0.05) is 18.8 Å². The molecule has 0 aromatic heterocycles. The molecular weight excluding hydrogens is 452 g/mol. The maximum atomic E-state index is 12.6. The zero-order chi connectivity index (χ0) is 25.4. The number of carboxylic acid groups (broad SMARTS) is 1. The first-order valence-corrected chi connectivity index (χ1v) is 11.0. The number of benzene rings is 2. The predicted octanol–water partition coefficient (Wildman–Crippen LogP) is 2.44. The summed E-state index contributed by atoms with van der Waals surface area (Å²) in [5.41, 5.74) is 4.23. The Morgan fingerprint density at radius 3 is 2.14 bits per heavy atom. The van der Waals surface area contributed by atoms with E-state index in [9.17, 15) is 24.3 Å². The molecule has 35 heavy (non-hydrogen) atoms. The number of carbonyl (C=O) groups excluding carboxylic acids is 3. The predicted molar refractivity (Wildman–Crippen MR) is 126 cm³/mol. The molecule has 0 bridgehead atoms. The Balaban J connectivity index is 1.62. The van der Waals surface area contributed by atoms with Crippen LogP contribution in [0.25, 0.3) is 11.1 Å². The number of methoxy groups -OCH3 is 1. The van der Waals surface area contributed by atoms with Gasteiger partial charge in [-0.2, -0.15) is 0 Å². The minimum absolute atomic E-state index is 0.0428. The number of ether oxygens (including phenoxy) is 2. The van der Waals surface area contributed by atoms with Crippen molar-refractivity contribution in [3.63, 3.8) is 0 Å². The van der Waals surface area contributed by atoms with Crippen LogP contribution in [0.1, 0.15) is 36.3 Å². The van der Waals surface area contributed by atoms with Gasteiger partial charge in [-0.15, -0.1) is 12.3 Å². The summed E-state index contributed by atoms with van der Waals surface area (Å²) in [6, 6.07) is 13.2. The number of amides is 2. The number of carboxylic acids is 1. The molecule has 2 amide bonds. The van der Waals surface area contributed by atoms with Crippen LogP contribution >= 0.6 is 0 Å². The summed E-state index contributed by atoms with van der Waals surface area (Å²) < 4.78 is 9.93. The van der Waals surface area contributed by atoms with Crippen molar-refractivity contribution in [3.05, 3.63) is 59.7 Å². The van der Waals surface area contributed by atoms with Crippen LogP contribution in [0.4, 0.5) is 4.79 Å². The molecule has 9 heteroatoms. The van der Waals surface area contributed by atoms with Crippen molar-refractivity contribution >= 4 is 23.9 Å². The number of carbonyl (C=O) groups is 4. The first kappa shape index (κ1) is 25.3. The van der Waals surface area contributed by atoms with E-state index in [0.717, 1.165) is 22.3 Å². The maximum absolute atomic E-state index is 12.6. The van der Waals surface area contributed by atoms with Gasteiger partial charge in [-0.25, -0.2) is 9.59 Å². The molecule has 9 nitrogen and oxygen atoms in total. The van der Waals surface area contributed by atoms with Gasteiger partial charge < -0.3 is 25.2 Å². The van der Waals surface area contributed by atoms with Crippen LogP contribution in [0.2, 0.25) is 0 Å². The van der Waals surface area contributed by atoms with Crippen LogP contribution in [0.15, 0.2) is 48.5 Å². The first-order chi connectivity index (χ1) is 16.8. The minimum atomic E-state index is -1.36. The Bertz CT molecular complexity index is 1110. The molecule has 0 heterocycles. The lowest BCUT2D eigenvalue weighted by Crippen LogP contribution is -2.51. The largest absolute Gasteiger partial charge is 0.480 e. The Morgan fingerprint density at radius 1 is 1.00 bits per heavy atom. The lowest BCUT2D eigenvalue weighted by atomic mass is 9.98. The van der Waals surface area contributed by atoms with E-state index in [1.165, 1.54) is 7.11 Å². The fraction of sp³-hybridized carbons (Fsp3) is 0.308. The average Bonchev–Trinajstić information content (AvgIpc) is 3.18. The van der Waals surface area contributed by atoms with Gasteiger partial charge in [-0.05, 0) is 28.7 Å². The second-order valence-corrected chi connectivity index (χ2v) is 7.94. The number of hydrogen-bond acceptors (Lipinski definition) is 6. The van der Waals surface area contributed by atoms with Gasteiger partial charge in [0.2, 0.25) is 5.91 Å². The molecule has 2 atom stereocenters. The van der Waals surface area contributed by atoms with Crippen molar-refractivity contribution in [1.29, 1.82) is 0 Å². The number of nitrogens with one attached hydrogen (secondary N) is 2. The molecule has 2 unspecified atom stereocenters. The smallest absolute Gasteiger partial charge is 0.407 e. The van der Waals surface area contributed by atoms with Crippen LogP contribution in [-0.2, 0) is 23.9 Å². The van der Waals surface area contributed by atoms with Crippen molar-refractivity contribution in [2.45, 2.75) is 37.3 Å². The number of terminal acetylenes is 1. The highest BCUT2D eigenvalue weighted by atomic mass is 16.5. The summed E-state index contributed by atoms with van der Waals surface area (Å²) in [6.07, 6.45) is 3.91. The van der Waals surface area contributed by atoms with Crippen LogP contribution in [-0.4, -0.2) is 54.8 Å². The zero-order valence-corrected chi connectivity index (χ0v) is 19.2. The number of esters is 1. The van der Waals surface area contributed by atoms with Gasteiger partial charge in [0.15, 0.2) is 0 Å². The fourth-order valence-electron chi connectivity index (χ4n) is 4.00. The standard InChI is InChI=1S/C26H26N2O7/c1-3-8-21(24(30)27-22(25(31)32)13-14-23(29)34-2)28-26(33)35-15-20-18-11-6-4-9-16(18)17-10-5-7-12-19(17)20/h1,4-7,9-12,20-22H,8,13-15H2,2H3,(H,27,30)(H,28,33)(H,31,32). The Hall–Kier alpha value is -4.32. The summed E-state index contributed by atoms with van der Waals surface area (Å²) >= 11 is 0. The van der Waals surface area contributed by atoms with Crippen molar-refractivity contribution < 1.29 is 33.8 Å². The molecule has 1 aliphatic carbocycles. The Kier molecular flexibility index (Phi) is 8.46. The van der Waals surface area contributed by atoms with Gasteiger partial charge in [0.25, 0.3) is 0 Å². The van der Waals surface area contributed by atoms with Crippen molar-refractivity contribution in [1.82, 2.24) is 10.6 Å². The Morgan fingerprint density at radius 2 is 1.60 bits per heavy atom. The summed E-state index contributed by atoms with van der Waals surface area (Å²) in [5, 5.41) is 14.1. The molecule has 0 saturated heterocycles. The topological polar surface area (TPSA) is 131 Å². The van der Waals surface area contributed by atoms with Gasteiger partial charge in [-0.1, -0.05) is 48.5 Å². The third kappa shape index (κ3) is 6.18. The summed E-state index contributed by atoms with van der Waals surface area (Å²) in [5.74, 6) is -0.615. The lowest BCUT2D eigenvalue weighted by Gasteiger charge is -2.20. The van der Waals surface area contributed by atoms with E-state index in [0.29, 0.717) is 0 Å². The van der Waals surface area contributed by atoms with E-state index in [4.69, 9.17) is 11.2 Å². The van der Waals surface area contributed by atoms with E-state index in [2.05, 4.69) is 21.3 Å². The van der Waals surface area contributed by atoms with E-state index >= 15 is 0 Å². The van der Waals surface area contributed by atoms with E-state index < -0.39 is 36.0 Å². The highest BCUT2D eigenvalue weighted by Gasteiger charge is 2.30. The van der Waals surface area contributed by atoms with Gasteiger partial charge in [0.1, 0.15) is 18.7 Å².